The Labute approximate surface area is 305 Å². The number of anilines is 1. The molecule has 2 amide bonds. The van der Waals surface area contributed by atoms with Crippen LogP contribution in [-0.4, -0.2) is 110 Å². The molecule has 3 fully saturated rings. The van der Waals surface area contributed by atoms with Crippen LogP contribution in [0.3, 0.4) is 0 Å². The predicted octanol–water partition coefficient (Wildman–Crippen LogP) is 6.01. The van der Waals surface area contributed by atoms with Crippen molar-refractivity contribution >= 4 is 46.7 Å². The first-order chi connectivity index (χ1) is 24.3. The fourth-order valence-corrected chi connectivity index (χ4v) is 7.95. The summed E-state index contributed by atoms with van der Waals surface area (Å²) in [5, 5.41) is 5.07. The number of esters is 1. The van der Waals surface area contributed by atoms with Gasteiger partial charge in [0.1, 0.15) is 0 Å². The average molecular weight is 721 g/mol. The van der Waals surface area contributed by atoms with Gasteiger partial charge in [0.2, 0.25) is 5.91 Å². The van der Waals surface area contributed by atoms with Gasteiger partial charge >= 0.3 is 5.97 Å². The van der Waals surface area contributed by atoms with E-state index in [4.69, 9.17) is 27.9 Å². The van der Waals surface area contributed by atoms with Gasteiger partial charge in [-0.05, 0) is 94.2 Å². The second-order valence-electron chi connectivity index (χ2n) is 13.6. The molecule has 9 nitrogen and oxygen atoms in total. The number of hydrogen-bond acceptors (Lipinski definition) is 7. The summed E-state index contributed by atoms with van der Waals surface area (Å²) < 4.78 is 5.14. The lowest BCUT2D eigenvalue weighted by Gasteiger charge is -2.43. The molecule has 3 heterocycles. The molecule has 50 heavy (non-hydrogen) atoms. The van der Waals surface area contributed by atoms with E-state index in [0.717, 1.165) is 56.6 Å². The van der Waals surface area contributed by atoms with E-state index in [1.165, 1.54) is 0 Å². The van der Waals surface area contributed by atoms with E-state index in [0.29, 0.717) is 61.5 Å². The minimum Gasteiger partial charge on any atom is -0.465 e. The lowest BCUT2D eigenvalue weighted by atomic mass is 9.76. The van der Waals surface area contributed by atoms with Crippen LogP contribution in [0, 0.1) is 5.92 Å². The zero-order chi connectivity index (χ0) is 35.1. The van der Waals surface area contributed by atoms with Crippen molar-refractivity contribution in [1.29, 1.82) is 0 Å². The van der Waals surface area contributed by atoms with Crippen molar-refractivity contribution in [3.05, 3.63) is 100 Å². The zero-order valence-electron chi connectivity index (χ0n) is 28.8. The molecule has 0 aliphatic carbocycles. The molecule has 11 heteroatoms. The van der Waals surface area contributed by atoms with Gasteiger partial charge in [-0.1, -0.05) is 65.7 Å². The van der Waals surface area contributed by atoms with E-state index < -0.39 is 0 Å². The summed E-state index contributed by atoms with van der Waals surface area (Å²) >= 11 is 12.8. The zero-order valence-corrected chi connectivity index (χ0v) is 30.3. The molecular formula is C39H47Cl2N5O4. The normalized spacial score (nSPS) is 20.9. The Bertz CT molecular complexity index is 1610. The third-order valence-electron chi connectivity index (χ3n) is 10.5. The number of benzene rings is 3. The molecule has 0 radical (unpaired) electrons. The molecule has 3 aliphatic heterocycles. The number of ether oxygens (including phenoxy) is 1. The third-order valence-corrected chi connectivity index (χ3v) is 11.3. The molecule has 266 valence electrons. The Balaban J connectivity index is 1.09. The van der Waals surface area contributed by atoms with Gasteiger partial charge in [-0.3, -0.25) is 19.3 Å². The summed E-state index contributed by atoms with van der Waals surface area (Å²) in [6.07, 6.45) is 3.28. The first-order valence-corrected chi connectivity index (χ1v) is 18.6. The van der Waals surface area contributed by atoms with Gasteiger partial charge in [0.05, 0.1) is 28.9 Å². The van der Waals surface area contributed by atoms with E-state index in [9.17, 15) is 14.4 Å². The summed E-state index contributed by atoms with van der Waals surface area (Å²) in [5.41, 5.74) is 2.44. The number of halogens is 2. The highest BCUT2D eigenvalue weighted by Gasteiger charge is 2.42. The van der Waals surface area contributed by atoms with Crippen molar-refractivity contribution in [3.63, 3.8) is 0 Å². The molecule has 3 saturated heterocycles. The topological polar surface area (TPSA) is 76.6 Å². The maximum Gasteiger partial charge on any atom is 0.320 e. The lowest BCUT2D eigenvalue weighted by Crippen LogP contribution is -2.58. The van der Waals surface area contributed by atoms with Crippen LogP contribution in [0.2, 0.25) is 10.0 Å². The van der Waals surface area contributed by atoms with E-state index in [1.54, 1.807) is 0 Å². The molecule has 3 aliphatic rings. The molecule has 6 rings (SSSR count). The van der Waals surface area contributed by atoms with Gasteiger partial charge in [0.15, 0.2) is 0 Å². The molecule has 0 N–H and O–H groups in total. The Morgan fingerprint density at radius 2 is 1.50 bits per heavy atom. The number of carbonyl (C=O) groups is 3. The fourth-order valence-electron chi connectivity index (χ4n) is 7.65. The predicted molar refractivity (Wildman–Crippen MR) is 197 cm³/mol. The van der Waals surface area contributed by atoms with Gasteiger partial charge in [0, 0.05) is 56.2 Å². The van der Waals surface area contributed by atoms with Gasteiger partial charge in [-0.2, -0.15) is 0 Å². The highest BCUT2D eigenvalue weighted by Crippen LogP contribution is 2.41. The van der Waals surface area contributed by atoms with Gasteiger partial charge < -0.3 is 14.5 Å². The number of likely N-dealkylation sites (tertiary alicyclic amines) is 2. The number of hydrogen-bond donors (Lipinski definition) is 0. The highest BCUT2D eigenvalue weighted by molar-refractivity contribution is 6.42. The van der Waals surface area contributed by atoms with Crippen LogP contribution in [-0.2, 0) is 19.7 Å². The van der Waals surface area contributed by atoms with E-state index in [2.05, 4.69) is 20.9 Å². The quantitative estimate of drug-likeness (QED) is 0.225. The summed E-state index contributed by atoms with van der Waals surface area (Å²) in [4.78, 5) is 46.3. The number of rotatable bonds is 11. The molecular weight excluding hydrogens is 673 g/mol. The SMILES string of the molecule is CCOC(=O)CN1CCN(N(C(=O)C2CCN(CCC3(c4ccc(Cl)c(Cl)c4)CCN(C(=O)c4ccccc4)C3)CC2)c2ccccc2)CC1. The standard InChI is InChI=1S/C39H47Cl2N5O4/c1-2-50-36(47)28-43-23-25-45(26-24-43)46(33-11-7-4-8-12-33)38(49)31-15-19-42(20-16-31)21-17-39(32-13-14-34(40)35(41)27-32)18-22-44(29-39)37(48)30-9-5-3-6-10-30/h3-14,27,31H,2,15-26,28-29H2,1H3. The minimum absolute atomic E-state index is 0.0512. The number of hydrazine groups is 1. The number of piperidine rings is 1. The van der Waals surface area contributed by atoms with Crippen molar-refractivity contribution in [2.24, 2.45) is 5.92 Å². The first-order valence-electron chi connectivity index (χ1n) is 17.8. The van der Waals surface area contributed by atoms with Gasteiger partial charge in [0.25, 0.3) is 5.91 Å². The maximum atomic E-state index is 14.2. The van der Waals surface area contributed by atoms with Crippen LogP contribution >= 0.6 is 23.2 Å². The van der Waals surface area contributed by atoms with Crippen LogP contribution in [0.25, 0.3) is 0 Å². The molecule has 1 unspecified atom stereocenters. The second-order valence-corrected chi connectivity index (χ2v) is 14.5. The maximum absolute atomic E-state index is 14.2. The summed E-state index contributed by atoms with van der Waals surface area (Å²) in [7, 11) is 0. The fraction of sp³-hybridized carbons (Fsp3) is 0.462. The highest BCUT2D eigenvalue weighted by atomic mass is 35.5. The molecule has 0 bridgehead atoms. The third kappa shape index (κ3) is 8.52. The molecule has 0 aromatic heterocycles. The Hall–Kier alpha value is -3.47. The monoisotopic (exact) mass is 719 g/mol. The van der Waals surface area contributed by atoms with Crippen LogP contribution < -0.4 is 5.01 Å². The van der Waals surface area contributed by atoms with Crippen molar-refractivity contribution in [2.45, 2.75) is 38.0 Å². The van der Waals surface area contributed by atoms with Crippen LogP contribution in [0.5, 0.6) is 0 Å². The second kappa shape index (κ2) is 16.7. The van der Waals surface area contributed by atoms with E-state index in [1.807, 2.05) is 89.6 Å². The first kappa shape index (κ1) is 36.3. The molecule has 0 saturated carbocycles. The van der Waals surface area contributed by atoms with Crippen LogP contribution in [0.1, 0.15) is 48.5 Å². The molecule has 1 atom stereocenters. The Kier molecular flexibility index (Phi) is 12.1. The summed E-state index contributed by atoms with van der Waals surface area (Å²) in [6, 6.07) is 25.3. The summed E-state index contributed by atoms with van der Waals surface area (Å²) in [5.74, 6) is -0.112. The van der Waals surface area contributed by atoms with E-state index >= 15 is 0 Å². The number of piperazine rings is 1. The molecule has 3 aromatic rings. The van der Waals surface area contributed by atoms with Crippen molar-refractivity contribution in [1.82, 2.24) is 19.7 Å². The van der Waals surface area contributed by atoms with Gasteiger partial charge in [-0.25, -0.2) is 10.0 Å². The number of amides is 2. The van der Waals surface area contributed by atoms with Crippen LogP contribution in [0.15, 0.2) is 78.9 Å². The number of para-hydroxylation sites is 1. The van der Waals surface area contributed by atoms with Crippen molar-refractivity contribution < 1.29 is 19.1 Å². The average Bonchev–Trinajstić information content (AvgIpc) is 3.59. The number of carbonyl (C=O) groups excluding carboxylic acids is 3. The molecule has 0 spiro atoms. The van der Waals surface area contributed by atoms with Gasteiger partial charge in [-0.15, -0.1) is 0 Å². The number of nitrogens with zero attached hydrogens (tertiary/aromatic N) is 5. The minimum atomic E-state index is -0.245. The lowest BCUT2D eigenvalue weighted by molar-refractivity contribution is -0.145. The van der Waals surface area contributed by atoms with Crippen molar-refractivity contribution in [2.75, 3.05) is 77.1 Å². The Morgan fingerprint density at radius 3 is 2.16 bits per heavy atom. The largest absolute Gasteiger partial charge is 0.465 e. The smallest absolute Gasteiger partial charge is 0.320 e. The van der Waals surface area contributed by atoms with Crippen molar-refractivity contribution in [3.8, 4) is 0 Å². The van der Waals surface area contributed by atoms with Crippen LogP contribution in [0.4, 0.5) is 5.69 Å². The molecule has 3 aromatic carbocycles. The van der Waals surface area contributed by atoms with E-state index in [-0.39, 0.29) is 35.7 Å². The Morgan fingerprint density at radius 1 is 0.820 bits per heavy atom. The summed E-state index contributed by atoms with van der Waals surface area (Å²) in [6.45, 7) is 8.95.